The van der Waals surface area contributed by atoms with Crippen molar-refractivity contribution >= 4 is 0 Å². The molecule has 18 heavy (non-hydrogen) atoms. The molecule has 0 spiro atoms. The first kappa shape index (κ1) is 12.2. The maximum absolute atomic E-state index is 5.75. The second-order valence-corrected chi connectivity index (χ2v) is 5.77. The number of rotatable bonds is 6. The normalized spacial score (nSPS) is 29.9. The fourth-order valence-corrected chi connectivity index (χ4v) is 3.37. The molecule has 98 valence electrons. The molecule has 0 amide bonds. The zero-order valence-corrected chi connectivity index (χ0v) is 11.3. The largest absolute Gasteiger partial charge is 0.380 e. The predicted molar refractivity (Wildman–Crippen MR) is 73.7 cm³/mol. The molecule has 4 unspecified atom stereocenters. The Balaban J connectivity index is 1.67. The van der Waals surface area contributed by atoms with Crippen LogP contribution in [0.2, 0.25) is 0 Å². The minimum Gasteiger partial charge on any atom is -0.380 e. The number of methoxy groups -OCH3 is 1. The van der Waals surface area contributed by atoms with Gasteiger partial charge in [-0.25, -0.2) is 0 Å². The van der Waals surface area contributed by atoms with Crippen molar-refractivity contribution < 1.29 is 4.74 Å². The molecule has 0 radical (unpaired) electrons. The highest BCUT2D eigenvalue weighted by atomic mass is 16.5. The summed E-state index contributed by atoms with van der Waals surface area (Å²) in [4.78, 5) is 0. The Morgan fingerprint density at radius 3 is 2.50 bits per heavy atom. The number of ether oxygens (including phenoxy) is 1. The lowest BCUT2D eigenvalue weighted by Gasteiger charge is -2.26. The smallest absolute Gasteiger partial charge is 0.0755 e. The van der Waals surface area contributed by atoms with Crippen LogP contribution in [0.5, 0.6) is 0 Å². The highest BCUT2D eigenvalue weighted by Gasteiger charge is 2.49. The van der Waals surface area contributed by atoms with E-state index in [0.29, 0.717) is 12.1 Å². The topological polar surface area (TPSA) is 21.3 Å². The maximum Gasteiger partial charge on any atom is 0.0755 e. The third kappa shape index (κ3) is 2.32. The van der Waals surface area contributed by atoms with Crippen molar-refractivity contribution in [1.82, 2.24) is 5.32 Å². The Morgan fingerprint density at radius 1 is 1.22 bits per heavy atom. The van der Waals surface area contributed by atoms with E-state index in [9.17, 15) is 0 Å². The summed E-state index contributed by atoms with van der Waals surface area (Å²) in [6.07, 6.45) is 4.41. The van der Waals surface area contributed by atoms with Gasteiger partial charge in [-0.1, -0.05) is 30.3 Å². The molecule has 1 aromatic carbocycles. The molecule has 2 heteroatoms. The molecule has 2 fully saturated rings. The Morgan fingerprint density at radius 2 is 1.94 bits per heavy atom. The molecule has 2 aliphatic carbocycles. The van der Waals surface area contributed by atoms with Gasteiger partial charge in [0.15, 0.2) is 0 Å². The summed E-state index contributed by atoms with van der Waals surface area (Å²) in [6, 6.07) is 11.4. The number of likely N-dealkylation sites (N-methyl/N-ethyl adjacent to an activating group) is 1. The summed E-state index contributed by atoms with van der Waals surface area (Å²) < 4.78 is 5.75. The monoisotopic (exact) mass is 245 g/mol. The van der Waals surface area contributed by atoms with Gasteiger partial charge in [0.05, 0.1) is 6.10 Å². The highest BCUT2D eigenvalue weighted by Crippen LogP contribution is 2.52. The van der Waals surface area contributed by atoms with Crippen molar-refractivity contribution in [3.05, 3.63) is 35.9 Å². The second-order valence-electron chi connectivity index (χ2n) is 5.77. The van der Waals surface area contributed by atoms with Crippen molar-refractivity contribution in [2.24, 2.45) is 11.8 Å². The van der Waals surface area contributed by atoms with Crippen LogP contribution in [-0.4, -0.2) is 26.3 Å². The molecular weight excluding hydrogens is 222 g/mol. The van der Waals surface area contributed by atoms with Crippen LogP contribution < -0.4 is 5.32 Å². The molecule has 2 nitrogen and oxygen atoms in total. The summed E-state index contributed by atoms with van der Waals surface area (Å²) in [7, 11) is 3.95. The van der Waals surface area contributed by atoms with Gasteiger partial charge in [-0.2, -0.15) is 0 Å². The summed E-state index contributed by atoms with van der Waals surface area (Å²) >= 11 is 0. The van der Waals surface area contributed by atoms with Crippen LogP contribution in [-0.2, 0) is 4.74 Å². The van der Waals surface area contributed by atoms with Gasteiger partial charge in [-0.3, -0.25) is 0 Å². The molecular formula is C16H23NO. The first-order chi connectivity index (χ1) is 8.85. The van der Waals surface area contributed by atoms with Crippen LogP contribution in [0.1, 0.15) is 30.7 Å². The summed E-state index contributed by atoms with van der Waals surface area (Å²) in [5.41, 5.74) is 1.49. The van der Waals surface area contributed by atoms with Crippen molar-refractivity contribution in [3.8, 4) is 0 Å². The van der Waals surface area contributed by atoms with Crippen molar-refractivity contribution in [2.45, 2.75) is 37.3 Å². The van der Waals surface area contributed by atoms with E-state index in [2.05, 4.69) is 42.7 Å². The maximum atomic E-state index is 5.75. The summed E-state index contributed by atoms with van der Waals surface area (Å²) in [5, 5.41) is 3.51. The van der Waals surface area contributed by atoms with E-state index in [0.717, 1.165) is 17.8 Å². The molecule has 0 aliphatic heterocycles. The van der Waals surface area contributed by atoms with Crippen molar-refractivity contribution in [3.63, 3.8) is 0 Å². The summed E-state index contributed by atoms with van der Waals surface area (Å²) in [6.45, 7) is 0. The molecule has 0 heterocycles. The van der Waals surface area contributed by atoms with Gasteiger partial charge in [0.2, 0.25) is 0 Å². The van der Waals surface area contributed by atoms with Crippen molar-refractivity contribution in [1.29, 1.82) is 0 Å². The van der Waals surface area contributed by atoms with Crippen LogP contribution >= 0.6 is 0 Å². The fraction of sp³-hybridized carbons (Fsp3) is 0.625. The first-order valence-electron chi connectivity index (χ1n) is 7.10. The molecule has 2 aliphatic rings. The lowest BCUT2D eigenvalue weighted by molar-refractivity contribution is 0.0460. The number of hydrogen-bond acceptors (Lipinski definition) is 2. The third-order valence-corrected chi connectivity index (χ3v) is 4.57. The predicted octanol–water partition coefficient (Wildman–Crippen LogP) is 2.80. The second kappa shape index (κ2) is 5.02. The highest BCUT2D eigenvalue weighted by molar-refractivity contribution is 5.27. The van der Waals surface area contributed by atoms with E-state index >= 15 is 0 Å². The fourth-order valence-electron chi connectivity index (χ4n) is 3.37. The zero-order chi connectivity index (χ0) is 12.5. The van der Waals surface area contributed by atoms with Crippen LogP contribution in [0, 0.1) is 11.8 Å². The van der Waals surface area contributed by atoms with Crippen LogP contribution in [0.15, 0.2) is 30.3 Å². The third-order valence-electron chi connectivity index (χ3n) is 4.57. The van der Waals surface area contributed by atoms with E-state index in [1.807, 2.05) is 7.11 Å². The average molecular weight is 245 g/mol. The molecule has 2 saturated carbocycles. The number of nitrogens with one attached hydrogen (secondary N) is 1. The van der Waals surface area contributed by atoms with Gasteiger partial charge < -0.3 is 10.1 Å². The van der Waals surface area contributed by atoms with Crippen LogP contribution in [0.3, 0.4) is 0 Å². The SMILES string of the molecule is CNC(C1CC1c1ccccc1)C(OC)C1CC1. The van der Waals surface area contributed by atoms with Gasteiger partial charge in [0, 0.05) is 13.2 Å². The number of hydrogen-bond donors (Lipinski definition) is 1. The van der Waals surface area contributed by atoms with Crippen molar-refractivity contribution in [2.75, 3.05) is 14.2 Å². The van der Waals surface area contributed by atoms with Gasteiger partial charge in [0.1, 0.15) is 0 Å². The van der Waals surface area contributed by atoms with Crippen LogP contribution in [0.25, 0.3) is 0 Å². The van der Waals surface area contributed by atoms with Gasteiger partial charge in [-0.15, -0.1) is 0 Å². The van der Waals surface area contributed by atoms with E-state index in [4.69, 9.17) is 4.74 Å². The molecule has 1 N–H and O–H groups in total. The molecule has 4 atom stereocenters. The Labute approximate surface area is 110 Å². The lowest BCUT2D eigenvalue weighted by atomic mass is 9.98. The molecule has 3 rings (SSSR count). The molecule has 0 saturated heterocycles. The number of benzene rings is 1. The first-order valence-corrected chi connectivity index (χ1v) is 7.10. The Kier molecular flexibility index (Phi) is 3.40. The quantitative estimate of drug-likeness (QED) is 0.832. The Hall–Kier alpha value is -0.860. The van der Waals surface area contributed by atoms with Crippen LogP contribution in [0.4, 0.5) is 0 Å². The van der Waals surface area contributed by atoms with Gasteiger partial charge in [-0.05, 0) is 49.6 Å². The molecule has 0 aromatic heterocycles. The van der Waals surface area contributed by atoms with Gasteiger partial charge in [0.25, 0.3) is 0 Å². The van der Waals surface area contributed by atoms with E-state index in [1.54, 1.807) is 0 Å². The van der Waals surface area contributed by atoms with E-state index < -0.39 is 0 Å². The Bertz CT molecular complexity index is 387. The molecule has 0 bridgehead atoms. The lowest BCUT2D eigenvalue weighted by Crippen LogP contribution is -2.42. The molecule has 1 aromatic rings. The zero-order valence-electron chi connectivity index (χ0n) is 11.3. The standard InChI is InChI=1S/C16H23NO/c1-17-15(16(18-2)12-8-9-12)14-10-13(14)11-6-4-3-5-7-11/h3-7,12-17H,8-10H2,1-2H3. The minimum absolute atomic E-state index is 0.411. The minimum atomic E-state index is 0.411. The average Bonchev–Trinajstić information content (AvgIpc) is 3.28. The van der Waals surface area contributed by atoms with Gasteiger partial charge >= 0.3 is 0 Å². The van der Waals surface area contributed by atoms with E-state index in [1.165, 1.54) is 24.8 Å². The van der Waals surface area contributed by atoms with E-state index in [-0.39, 0.29) is 0 Å². The summed E-state index contributed by atoms with van der Waals surface area (Å²) in [5.74, 6) is 2.28.